The second-order valence-corrected chi connectivity index (χ2v) is 8.93. The van der Waals surface area contributed by atoms with Crippen LogP contribution in [0, 0.1) is 0 Å². The number of aromatic nitrogens is 3. The van der Waals surface area contributed by atoms with Crippen LogP contribution in [-0.4, -0.2) is 76.8 Å². The number of carbonyl (C=O) groups excluding carboxylic acids is 1. The molecule has 0 aliphatic carbocycles. The van der Waals surface area contributed by atoms with Crippen molar-refractivity contribution in [3.63, 3.8) is 0 Å². The number of benzene rings is 1. The number of rotatable bonds is 5. The minimum absolute atomic E-state index is 0.0170. The molecule has 0 bridgehead atoms. The number of carbonyl (C=O) groups is 1. The number of piperidine rings is 1. The quantitative estimate of drug-likeness (QED) is 0.608. The van der Waals surface area contributed by atoms with Gasteiger partial charge in [-0.1, -0.05) is 6.58 Å². The van der Waals surface area contributed by atoms with Gasteiger partial charge in [0.15, 0.2) is 5.82 Å². The second-order valence-electron chi connectivity index (χ2n) is 8.93. The number of hydrogen-bond acceptors (Lipinski definition) is 6. The predicted molar refractivity (Wildman–Crippen MR) is 132 cm³/mol. The molecule has 2 aliphatic heterocycles. The zero-order valence-electron chi connectivity index (χ0n) is 19.2. The molecule has 1 aromatic carbocycles. The lowest BCUT2D eigenvalue weighted by Gasteiger charge is -2.34. The maximum Gasteiger partial charge on any atom is 0.246 e. The molecule has 0 radical (unpaired) electrons. The fourth-order valence-electron chi connectivity index (χ4n) is 4.80. The van der Waals surface area contributed by atoms with E-state index in [1.807, 2.05) is 17.2 Å². The lowest BCUT2D eigenvalue weighted by atomic mass is 10.1. The molecule has 3 aromatic rings. The molecule has 5 rings (SSSR count). The number of hydrogen-bond donors (Lipinski definition) is 1. The van der Waals surface area contributed by atoms with E-state index in [0.29, 0.717) is 6.54 Å². The Morgan fingerprint density at radius 2 is 1.91 bits per heavy atom. The van der Waals surface area contributed by atoms with Crippen LogP contribution in [0.25, 0.3) is 10.9 Å². The van der Waals surface area contributed by atoms with Crippen molar-refractivity contribution in [2.24, 2.45) is 0 Å². The lowest BCUT2D eigenvalue weighted by Crippen LogP contribution is -2.44. The smallest absolute Gasteiger partial charge is 0.246 e. The summed E-state index contributed by atoms with van der Waals surface area (Å²) in [7, 11) is 2.17. The van der Waals surface area contributed by atoms with E-state index < -0.39 is 0 Å². The van der Waals surface area contributed by atoms with E-state index in [2.05, 4.69) is 62.7 Å². The van der Waals surface area contributed by atoms with Gasteiger partial charge in [0.2, 0.25) is 5.91 Å². The predicted octanol–water partition coefficient (Wildman–Crippen LogP) is 3.28. The summed E-state index contributed by atoms with van der Waals surface area (Å²) in [6, 6.07) is 10.7. The Bertz CT molecular complexity index is 1130. The highest BCUT2D eigenvalue weighted by Crippen LogP contribution is 2.31. The molecular formula is C25H31N7O. The van der Waals surface area contributed by atoms with Gasteiger partial charge in [0.25, 0.3) is 0 Å². The summed E-state index contributed by atoms with van der Waals surface area (Å²) in [5.41, 5.74) is 3.27. The highest BCUT2D eigenvalue weighted by molar-refractivity contribution is 5.91. The van der Waals surface area contributed by atoms with E-state index in [-0.39, 0.29) is 11.9 Å². The molecule has 8 heteroatoms. The first-order chi connectivity index (χ1) is 16.1. The third-order valence-corrected chi connectivity index (χ3v) is 6.73. The number of fused-ring (bicyclic) bond motifs is 1. The zero-order valence-corrected chi connectivity index (χ0v) is 19.2. The van der Waals surface area contributed by atoms with Gasteiger partial charge in [0.05, 0.1) is 16.9 Å². The van der Waals surface area contributed by atoms with Gasteiger partial charge in [-0.05, 0) is 56.3 Å². The average Bonchev–Trinajstić information content (AvgIpc) is 3.23. The van der Waals surface area contributed by atoms with Crippen LogP contribution in [0.3, 0.4) is 0 Å². The van der Waals surface area contributed by atoms with Crippen molar-refractivity contribution < 1.29 is 4.79 Å². The second kappa shape index (κ2) is 9.23. The molecular weight excluding hydrogens is 414 g/mol. The fourth-order valence-corrected chi connectivity index (χ4v) is 4.80. The minimum Gasteiger partial charge on any atom is -0.369 e. The number of anilines is 3. The van der Waals surface area contributed by atoms with Crippen molar-refractivity contribution in [3.8, 4) is 0 Å². The molecule has 0 spiro atoms. The number of likely N-dealkylation sites (tertiary alicyclic amines) is 1. The molecule has 1 unspecified atom stereocenters. The van der Waals surface area contributed by atoms with Gasteiger partial charge in [-0.15, -0.1) is 0 Å². The average molecular weight is 446 g/mol. The Morgan fingerprint density at radius 3 is 2.67 bits per heavy atom. The first kappa shape index (κ1) is 21.5. The van der Waals surface area contributed by atoms with Crippen LogP contribution in [-0.2, 0) is 4.79 Å². The number of nitrogens with zero attached hydrogens (tertiary/aromatic N) is 6. The van der Waals surface area contributed by atoms with E-state index in [1.54, 1.807) is 6.20 Å². The Balaban J connectivity index is 1.37. The number of amides is 1. The van der Waals surface area contributed by atoms with Crippen molar-refractivity contribution >= 4 is 34.0 Å². The van der Waals surface area contributed by atoms with E-state index in [0.717, 1.165) is 68.0 Å². The topological polar surface area (TPSA) is 69.5 Å². The first-order valence-corrected chi connectivity index (χ1v) is 11.7. The molecule has 2 aliphatic rings. The molecule has 2 aromatic heterocycles. The highest BCUT2D eigenvalue weighted by atomic mass is 16.2. The molecule has 8 nitrogen and oxygen atoms in total. The van der Waals surface area contributed by atoms with E-state index >= 15 is 0 Å². The monoisotopic (exact) mass is 445 g/mol. The summed E-state index contributed by atoms with van der Waals surface area (Å²) >= 11 is 0. The summed E-state index contributed by atoms with van der Waals surface area (Å²) in [5.74, 6) is 0.772. The third kappa shape index (κ3) is 4.43. The Morgan fingerprint density at radius 1 is 1.12 bits per heavy atom. The largest absolute Gasteiger partial charge is 0.369 e. The van der Waals surface area contributed by atoms with Gasteiger partial charge in [0.1, 0.15) is 0 Å². The summed E-state index contributed by atoms with van der Waals surface area (Å²) in [6.07, 6.45) is 6.98. The van der Waals surface area contributed by atoms with Crippen LogP contribution < -0.4 is 10.2 Å². The number of nitrogens with one attached hydrogen (secondary N) is 1. The van der Waals surface area contributed by atoms with Crippen LogP contribution in [0.5, 0.6) is 0 Å². The van der Waals surface area contributed by atoms with Gasteiger partial charge in [-0.3, -0.25) is 14.5 Å². The van der Waals surface area contributed by atoms with Crippen molar-refractivity contribution in [3.05, 3.63) is 55.4 Å². The van der Waals surface area contributed by atoms with Crippen LogP contribution in [0.1, 0.15) is 18.9 Å². The van der Waals surface area contributed by atoms with Crippen molar-refractivity contribution in [2.45, 2.75) is 18.9 Å². The molecule has 2 fully saturated rings. The molecule has 2 saturated heterocycles. The number of pyridine rings is 1. The maximum atomic E-state index is 12.2. The van der Waals surface area contributed by atoms with Crippen molar-refractivity contribution in [2.75, 3.05) is 56.5 Å². The summed E-state index contributed by atoms with van der Waals surface area (Å²) < 4.78 is 2.06. The summed E-state index contributed by atoms with van der Waals surface area (Å²) in [4.78, 5) is 23.1. The van der Waals surface area contributed by atoms with Gasteiger partial charge < -0.3 is 20.0 Å². The Labute approximate surface area is 194 Å². The lowest BCUT2D eigenvalue weighted by molar-refractivity contribution is -0.127. The van der Waals surface area contributed by atoms with Gasteiger partial charge >= 0.3 is 0 Å². The SMILES string of the molecule is C=CC(=O)N1CCCC(n2nc(Nc3ccc(N4CCN(C)CC4)cc3)c3cnccc32)C1. The van der Waals surface area contributed by atoms with Crippen LogP contribution >= 0.6 is 0 Å². The highest BCUT2D eigenvalue weighted by Gasteiger charge is 2.26. The van der Waals surface area contributed by atoms with Crippen LogP contribution in [0.4, 0.5) is 17.2 Å². The van der Waals surface area contributed by atoms with Gasteiger partial charge in [-0.2, -0.15) is 5.10 Å². The molecule has 1 atom stereocenters. The first-order valence-electron chi connectivity index (χ1n) is 11.7. The van der Waals surface area contributed by atoms with Gasteiger partial charge in [0, 0.05) is 63.0 Å². The number of piperazine rings is 1. The van der Waals surface area contributed by atoms with E-state index in [9.17, 15) is 4.79 Å². The van der Waals surface area contributed by atoms with Crippen molar-refractivity contribution in [1.29, 1.82) is 0 Å². The van der Waals surface area contributed by atoms with Crippen molar-refractivity contribution in [1.82, 2.24) is 24.6 Å². The normalized spacial score (nSPS) is 19.6. The molecule has 1 amide bonds. The van der Waals surface area contributed by atoms with Crippen LogP contribution in [0.2, 0.25) is 0 Å². The summed E-state index contributed by atoms with van der Waals surface area (Å²) in [5, 5.41) is 9.41. The third-order valence-electron chi connectivity index (χ3n) is 6.73. The standard InChI is InChI=1S/C25H31N7O/c1-3-24(33)31-12-4-5-21(18-31)32-23-10-11-26-17-22(23)25(28-32)27-19-6-8-20(9-7-19)30-15-13-29(2)14-16-30/h3,6-11,17,21H,1,4-5,12-16,18H2,2H3,(H,27,28). The molecule has 0 saturated carbocycles. The van der Waals surface area contributed by atoms with E-state index in [1.165, 1.54) is 11.8 Å². The molecule has 172 valence electrons. The molecule has 1 N–H and O–H groups in total. The molecule has 4 heterocycles. The maximum absolute atomic E-state index is 12.2. The molecule has 33 heavy (non-hydrogen) atoms. The minimum atomic E-state index is -0.0170. The Kier molecular flexibility index (Phi) is 6.00. The van der Waals surface area contributed by atoms with E-state index in [4.69, 9.17) is 5.10 Å². The summed E-state index contributed by atoms with van der Waals surface area (Å²) in [6.45, 7) is 9.34. The van der Waals surface area contributed by atoms with Gasteiger partial charge in [-0.25, -0.2) is 0 Å². The Hall–Kier alpha value is -3.39. The van der Waals surface area contributed by atoms with Crippen LogP contribution in [0.15, 0.2) is 55.4 Å². The zero-order chi connectivity index (χ0) is 22.8. The number of likely N-dealkylation sites (N-methyl/N-ethyl adjacent to an activating group) is 1. The fraction of sp³-hybridized carbons (Fsp3) is 0.400.